The van der Waals surface area contributed by atoms with Gasteiger partial charge in [-0.2, -0.15) is 22.5 Å². The number of carbonyl (C=O) groups excluding carboxylic acids is 1. The van der Waals surface area contributed by atoms with E-state index >= 15 is 0 Å². The van der Waals surface area contributed by atoms with Crippen molar-refractivity contribution in [2.45, 2.75) is 37.9 Å². The van der Waals surface area contributed by atoms with Gasteiger partial charge < -0.3 is 10.1 Å². The molecule has 0 unspecified atom stereocenters. The molecule has 2 rings (SSSR count). The Morgan fingerprint density at radius 1 is 1.35 bits per heavy atom. The van der Waals surface area contributed by atoms with E-state index in [-0.39, 0.29) is 23.1 Å². The zero-order valence-electron chi connectivity index (χ0n) is 10.7. The maximum atomic E-state index is 12.4. The van der Waals surface area contributed by atoms with Gasteiger partial charge in [0.15, 0.2) is 0 Å². The van der Waals surface area contributed by atoms with E-state index in [4.69, 9.17) is 0 Å². The minimum Gasteiger partial charge on any atom is -0.469 e. The molecule has 1 aliphatic carbocycles. The first kappa shape index (κ1) is 15.0. The minimum absolute atomic E-state index is 0.0185. The molecule has 0 radical (unpaired) electrons. The number of hydrogen-bond acceptors (Lipinski definition) is 6. The summed E-state index contributed by atoms with van der Waals surface area (Å²) in [6.07, 6.45) is -1.80. The predicted molar refractivity (Wildman–Crippen MR) is 66.3 cm³/mol. The Hall–Kier alpha value is -1.38. The lowest BCUT2D eigenvalue weighted by molar-refractivity contribution is -0.146. The molecule has 1 aliphatic rings. The highest BCUT2D eigenvalue weighted by molar-refractivity contribution is 7.09. The second kappa shape index (κ2) is 5.94. The van der Waals surface area contributed by atoms with Crippen molar-refractivity contribution < 1.29 is 22.7 Å². The monoisotopic (exact) mass is 309 g/mol. The Bertz CT molecular complexity index is 470. The van der Waals surface area contributed by atoms with Gasteiger partial charge in [0.05, 0.1) is 13.0 Å². The minimum atomic E-state index is -4.51. The smallest absolute Gasteiger partial charge is 0.452 e. The zero-order valence-corrected chi connectivity index (χ0v) is 11.6. The van der Waals surface area contributed by atoms with E-state index in [9.17, 15) is 18.0 Å². The largest absolute Gasteiger partial charge is 0.469 e. The molecule has 0 spiro atoms. The molecule has 0 aliphatic heterocycles. The Kier molecular flexibility index (Phi) is 4.46. The number of halogens is 3. The quantitative estimate of drug-likeness (QED) is 0.870. The van der Waals surface area contributed by atoms with Crippen LogP contribution < -0.4 is 5.32 Å². The molecular weight excluding hydrogens is 295 g/mol. The summed E-state index contributed by atoms with van der Waals surface area (Å²) in [5.74, 6) is -1.45. The van der Waals surface area contributed by atoms with E-state index in [0.29, 0.717) is 37.2 Å². The zero-order chi connectivity index (χ0) is 14.8. The van der Waals surface area contributed by atoms with Crippen LogP contribution in [0.3, 0.4) is 0 Å². The van der Waals surface area contributed by atoms with Crippen molar-refractivity contribution >= 4 is 22.6 Å². The van der Waals surface area contributed by atoms with Crippen molar-refractivity contribution in [1.82, 2.24) is 9.36 Å². The van der Waals surface area contributed by atoms with Crippen molar-refractivity contribution in [3.05, 3.63) is 5.82 Å². The number of hydrogen-bond donors (Lipinski definition) is 1. The maximum Gasteiger partial charge on any atom is 0.452 e. The summed E-state index contributed by atoms with van der Waals surface area (Å²) >= 11 is 0.698. The van der Waals surface area contributed by atoms with Crippen molar-refractivity contribution in [3.63, 3.8) is 0 Å². The summed E-state index contributed by atoms with van der Waals surface area (Å²) < 4.78 is 45.0. The van der Waals surface area contributed by atoms with Crippen LogP contribution in [0.2, 0.25) is 0 Å². The Morgan fingerprint density at radius 2 is 2.00 bits per heavy atom. The van der Waals surface area contributed by atoms with Crippen molar-refractivity contribution in [2.24, 2.45) is 5.92 Å². The summed E-state index contributed by atoms with van der Waals surface area (Å²) in [4.78, 5) is 14.8. The van der Waals surface area contributed by atoms with Gasteiger partial charge in [0, 0.05) is 17.6 Å². The Morgan fingerprint density at radius 3 is 2.50 bits per heavy atom. The molecule has 9 heteroatoms. The van der Waals surface area contributed by atoms with Crippen LogP contribution in [-0.2, 0) is 15.7 Å². The van der Waals surface area contributed by atoms with Gasteiger partial charge in [-0.3, -0.25) is 4.79 Å². The summed E-state index contributed by atoms with van der Waals surface area (Å²) in [5.41, 5.74) is 0. The van der Waals surface area contributed by atoms with Gasteiger partial charge in [0.25, 0.3) is 0 Å². The number of ether oxygens (including phenoxy) is 1. The van der Waals surface area contributed by atoms with Crippen molar-refractivity contribution in [1.29, 1.82) is 0 Å². The molecule has 0 amide bonds. The van der Waals surface area contributed by atoms with Crippen LogP contribution in [0.4, 0.5) is 18.3 Å². The number of nitrogens with zero attached hydrogens (tertiary/aromatic N) is 2. The molecule has 0 atom stereocenters. The summed E-state index contributed by atoms with van der Waals surface area (Å²) in [7, 11) is 1.35. The average Bonchev–Trinajstić information content (AvgIpc) is 2.87. The van der Waals surface area contributed by atoms with Crippen LogP contribution in [0.5, 0.6) is 0 Å². The van der Waals surface area contributed by atoms with E-state index in [1.807, 2.05) is 0 Å². The van der Waals surface area contributed by atoms with Crippen LogP contribution in [-0.4, -0.2) is 28.5 Å². The standard InChI is InChI=1S/C11H14F3N3O2S/c1-19-8(18)6-2-4-7(5-3-6)15-10-16-9(17-20-10)11(12,13)14/h6-7H,2-5H2,1H3,(H,15,16,17). The van der Waals surface area contributed by atoms with Gasteiger partial charge in [-0.25, -0.2) is 0 Å². The molecule has 0 saturated heterocycles. The number of aromatic nitrogens is 2. The molecule has 1 N–H and O–H groups in total. The van der Waals surface area contributed by atoms with Gasteiger partial charge in [-0.15, -0.1) is 0 Å². The van der Waals surface area contributed by atoms with Gasteiger partial charge in [0.2, 0.25) is 11.0 Å². The molecule has 1 aromatic heterocycles. The first-order valence-electron chi connectivity index (χ1n) is 6.15. The molecule has 0 bridgehead atoms. The molecule has 1 fully saturated rings. The molecule has 1 heterocycles. The lowest BCUT2D eigenvalue weighted by Crippen LogP contribution is -2.29. The van der Waals surface area contributed by atoms with Crippen molar-refractivity contribution in [3.8, 4) is 0 Å². The van der Waals surface area contributed by atoms with Gasteiger partial charge >= 0.3 is 12.1 Å². The molecule has 1 saturated carbocycles. The van der Waals surface area contributed by atoms with Gasteiger partial charge in [0.1, 0.15) is 0 Å². The molecule has 5 nitrogen and oxygen atoms in total. The van der Waals surface area contributed by atoms with Crippen LogP contribution in [0.15, 0.2) is 0 Å². The van der Waals surface area contributed by atoms with Gasteiger partial charge in [-0.1, -0.05) is 0 Å². The molecular formula is C11H14F3N3O2S. The first-order chi connectivity index (χ1) is 9.40. The molecule has 112 valence electrons. The third-order valence-corrected chi connectivity index (χ3v) is 3.92. The fourth-order valence-electron chi connectivity index (χ4n) is 2.21. The second-order valence-corrected chi connectivity index (χ2v) is 5.39. The SMILES string of the molecule is COC(=O)C1CCC(Nc2nc(C(F)(F)F)ns2)CC1. The number of anilines is 1. The van der Waals surface area contributed by atoms with E-state index in [0.717, 1.165) is 0 Å². The number of esters is 1. The molecule has 0 aromatic carbocycles. The molecule has 1 aromatic rings. The van der Waals surface area contributed by atoms with Crippen LogP contribution in [0.1, 0.15) is 31.5 Å². The van der Waals surface area contributed by atoms with E-state index in [1.54, 1.807) is 0 Å². The van der Waals surface area contributed by atoms with Crippen molar-refractivity contribution in [2.75, 3.05) is 12.4 Å². The Labute approximate surface area is 117 Å². The highest BCUT2D eigenvalue weighted by Crippen LogP contribution is 2.31. The second-order valence-electron chi connectivity index (χ2n) is 4.64. The lowest BCUT2D eigenvalue weighted by Gasteiger charge is -2.27. The number of alkyl halides is 3. The number of carbonyl (C=O) groups is 1. The van der Waals surface area contributed by atoms with Crippen LogP contribution in [0, 0.1) is 5.92 Å². The summed E-state index contributed by atoms with van der Waals surface area (Å²) in [5, 5.41) is 3.11. The number of rotatable bonds is 3. The number of nitrogens with one attached hydrogen (secondary N) is 1. The first-order valence-corrected chi connectivity index (χ1v) is 6.92. The van der Waals surface area contributed by atoms with Gasteiger partial charge in [-0.05, 0) is 25.7 Å². The molecule has 20 heavy (non-hydrogen) atoms. The Balaban J connectivity index is 1.87. The fraction of sp³-hybridized carbons (Fsp3) is 0.727. The number of methoxy groups -OCH3 is 1. The van der Waals surface area contributed by atoms with Crippen LogP contribution in [0.25, 0.3) is 0 Å². The fourth-order valence-corrected chi connectivity index (χ4v) is 2.88. The summed E-state index contributed by atoms with van der Waals surface area (Å²) in [6, 6.07) is 0.0185. The summed E-state index contributed by atoms with van der Waals surface area (Å²) in [6.45, 7) is 0. The topological polar surface area (TPSA) is 64.1 Å². The van der Waals surface area contributed by atoms with E-state index < -0.39 is 12.0 Å². The maximum absolute atomic E-state index is 12.4. The highest BCUT2D eigenvalue weighted by Gasteiger charge is 2.36. The van der Waals surface area contributed by atoms with E-state index in [2.05, 4.69) is 19.4 Å². The van der Waals surface area contributed by atoms with Crippen LogP contribution >= 0.6 is 11.5 Å². The third-order valence-electron chi connectivity index (χ3n) is 3.27. The normalized spacial score (nSPS) is 23.4. The predicted octanol–water partition coefficient (Wildman–Crippen LogP) is 2.70. The third kappa shape index (κ3) is 3.59. The highest BCUT2D eigenvalue weighted by atomic mass is 32.1. The van der Waals surface area contributed by atoms with E-state index in [1.165, 1.54) is 7.11 Å². The average molecular weight is 309 g/mol. The lowest BCUT2D eigenvalue weighted by atomic mass is 9.86.